The molecule has 0 bridgehead atoms. The summed E-state index contributed by atoms with van der Waals surface area (Å²) in [5.74, 6) is -1.08. The second-order valence-electron chi connectivity index (χ2n) is 18.7. The minimum absolute atomic E-state index is 0.0232. The number of benzene rings is 7. The highest BCUT2D eigenvalue weighted by Gasteiger charge is 2.35. The van der Waals surface area contributed by atoms with Crippen LogP contribution in [0.15, 0.2) is 164 Å². The van der Waals surface area contributed by atoms with Crippen LogP contribution in [0.4, 0.5) is 21.0 Å². The van der Waals surface area contributed by atoms with Gasteiger partial charge in [0.25, 0.3) is 21.9 Å². The normalized spacial score (nSPS) is 16.7. The van der Waals surface area contributed by atoms with Crippen LogP contribution in [0.25, 0.3) is 21.5 Å². The maximum absolute atomic E-state index is 13.0. The highest BCUT2D eigenvalue weighted by Crippen LogP contribution is 2.26. The summed E-state index contributed by atoms with van der Waals surface area (Å²) in [7, 11) is -3.64. The number of hydrogen-bond acceptors (Lipinski definition) is 15. The molecule has 0 saturated carbocycles. The molecular weight excluding hydrogens is 1020 g/mol. The molecule has 0 aliphatic carbocycles. The monoisotopic (exact) mass is 1070 g/mol. The molecule has 0 aromatic heterocycles. The third kappa shape index (κ3) is 13.8. The summed E-state index contributed by atoms with van der Waals surface area (Å²) in [6.45, 7) is 4.42. The highest BCUT2D eigenvalue weighted by atomic mass is 32.2. The third-order valence-electron chi connectivity index (χ3n) is 13.2. The van der Waals surface area contributed by atoms with Crippen LogP contribution in [0, 0.1) is 10.8 Å². The second kappa shape index (κ2) is 24.5. The number of anilines is 2. The Kier molecular flexibility index (Phi) is 16.9. The van der Waals surface area contributed by atoms with E-state index in [1.165, 1.54) is 4.90 Å². The fraction of sp³-hybridized carbons (Fsp3) is 0.224. The Balaban J connectivity index is 0.000000199. The van der Waals surface area contributed by atoms with Gasteiger partial charge in [0.2, 0.25) is 0 Å². The van der Waals surface area contributed by atoms with Gasteiger partial charge < -0.3 is 24.8 Å². The Hall–Kier alpha value is -8.82. The summed E-state index contributed by atoms with van der Waals surface area (Å²) in [4.78, 5) is 70.1. The van der Waals surface area contributed by atoms with Crippen molar-refractivity contribution in [3.8, 4) is 0 Å². The van der Waals surface area contributed by atoms with E-state index in [0.29, 0.717) is 46.7 Å². The van der Waals surface area contributed by atoms with Gasteiger partial charge in [-0.2, -0.15) is 8.42 Å². The Labute approximate surface area is 450 Å². The van der Waals surface area contributed by atoms with Gasteiger partial charge in [-0.15, -0.1) is 0 Å². The quantitative estimate of drug-likeness (QED) is 0.0262. The first kappa shape index (κ1) is 54.0. The molecule has 4 amide bonds. The number of amidine groups is 2. The summed E-state index contributed by atoms with van der Waals surface area (Å²) >= 11 is 0. The zero-order chi connectivity index (χ0) is 54.8. The van der Waals surface area contributed by atoms with Gasteiger partial charge in [-0.3, -0.25) is 49.0 Å². The van der Waals surface area contributed by atoms with E-state index in [9.17, 15) is 32.4 Å². The highest BCUT2D eigenvalue weighted by molar-refractivity contribution is 7.86. The summed E-state index contributed by atoms with van der Waals surface area (Å²) in [5, 5.41) is 25.5. The van der Waals surface area contributed by atoms with E-state index in [4.69, 9.17) is 29.2 Å². The van der Waals surface area contributed by atoms with Crippen LogP contribution in [0.2, 0.25) is 0 Å². The van der Waals surface area contributed by atoms with E-state index in [1.807, 2.05) is 97.1 Å². The van der Waals surface area contributed by atoms with Crippen molar-refractivity contribution < 1.29 is 50.8 Å². The number of nitrogens with one attached hydrogen (secondary N) is 4. The largest absolute Gasteiger partial charge is 0.460 e. The molecule has 3 fully saturated rings. The summed E-state index contributed by atoms with van der Waals surface area (Å²) in [5.41, 5.74) is 4.10. The number of ether oxygens (including phenoxy) is 3. The fourth-order valence-corrected chi connectivity index (χ4v) is 9.60. The fourth-order valence-electron chi connectivity index (χ4n) is 9.20. The molecule has 3 saturated heterocycles. The van der Waals surface area contributed by atoms with E-state index in [2.05, 4.69) is 20.4 Å². The smallest absolute Gasteiger partial charge is 0.414 e. The molecule has 20 heteroatoms. The number of cyclic esters (lactones) is 2. The maximum atomic E-state index is 13.0. The molecule has 0 radical (unpaired) electrons. The zero-order valence-corrected chi connectivity index (χ0v) is 43.3. The van der Waals surface area contributed by atoms with Crippen LogP contribution in [0.5, 0.6) is 0 Å². The molecule has 3 aliphatic heterocycles. The predicted octanol–water partition coefficient (Wildman–Crippen LogP) is 7.18. The van der Waals surface area contributed by atoms with Crippen molar-refractivity contribution in [2.24, 2.45) is 0 Å². The van der Waals surface area contributed by atoms with E-state index in [-0.39, 0.29) is 56.0 Å². The van der Waals surface area contributed by atoms with Crippen LogP contribution in [0.1, 0.15) is 37.4 Å². The number of esters is 1. The van der Waals surface area contributed by atoms with Crippen LogP contribution in [-0.2, 0) is 39.9 Å². The molecule has 2 atom stereocenters. The SMILES string of the molecule is CS(=O)(=O)OCC1CN(c2ccc(C(=N)NC(=O)c3cccc4ccccc34)cc2)C(=O)O1.N=C(NC(=O)c1cccc2ccccc12)c1ccc(N2CC(CN3CCN(CC(=O)OCc4ccccc4)CC3)OC2=O)cc1. The lowest BCUT2D eigenvalue weighted by Gasteiger charge is -2.34. The van der Waals surface area contributed by atoms with E-state index < -0.39 is 34.3 Å². The molecule has 78 heavy (non-hydrogen) atoms. The number of carbonyl (C=O) groups excluding carboxylic acids is 5. The van der Waals surface area contributed by atoms with Crippen LogP contribution >= 0.6 is 0 Å². The Morgan fingerprint density at radius 2 is 1.03 bits per heavy atom. The van der Waals surface area contributed by atoms with Crippen molar-refractivity contribution in [3.05, 3.63) is 192 Å². The number of amides is 4. The van der Waals surface area contributed by atoms with Crippen molar-refractivity contribution in [3.63, 3.8) is 0 Å². The maximum Gasteiger partial charge on any atom is 0.414 e. The molecule has 2 unspecified atom stereocenters. The van der Waals surface area contributed by atoms with Crippen LogP contribution in [0.3, 0.4) is 0 Å². The summed E-state index contributed by atoms with van der Waals surface area (Å²) < 4.78 is 43.2. The van der Waals surface area contributed by atoms with Gasteiger partial charge >= 0.3 is 18.2 Å². The van der Waals surface area contributed by atoms with Crippen molar-refractivity contribution >= 4 is 84.7 Å². The molecule has 7 aromatic rings. The predicted molar refractivity (Wildman–Crippen MR) is 295 cm³/mol. The topological polar surface area (TPSA) is 241 Å². The lowest BCUT2D eigenvalue weighted by atomic mass is 10.0. The number of hydrogen-bond donors (Lipinski definition) is 4. The molecule has 3 heterocycles. The van der Waals surface area contributed by atoms with Crippen molar-refractivity contribution in [1.29, 1.82) is 10.8 Å². The lowest BCUT2D eigenvalue weighted by Crippen LogP contribution is -2.50. The van der Waals surface area contributed by atoms with E-state index >= 15 is 0 Å². The summed E-state index contributed by atoms with van der Waals surface area (Å²) in [6.07, 6.45) is -1.10. The van der Waals surface area contributed by atoms with Gasteiger partial charge in [-0.25, -0.2) is 9.59 Å². The average molecular weight is 1070 g/mol. The van der Waals surface area contributed by atoms with Gasteiger partial charge in [0.05, 0.1) is 25.9 Å². The first-order valence-corrected chi connectivity index (χ1v) is 26.9. The molecule has 7 aromatic carbocycles. The number of rotatable bonds is 15. The molecule has 10 rings (SSSR count). The van der Waals surface area contributed by atoms with Crippen molar-refractivity contribution in [2.75, 3.05) is 75.0 Å². The standard InChI is InChI=1S/C35H35N5O5.C23H21N3O6S/c36-33(37-34(42)31-12-6-10-26-9-4-5-11-30(26)31)27-13-15-28(16-14-27)40-22-29(45-35(40)43)21-38-17-19-39(20-18-38)23-32(41)44-24-25-7-2-1-3-8-25;1-33(29,30)31-14-18-13-26(23(28)32-18)17-11-9-16(10-12-17)21(24)25-22(27)20-8-4-6-15-5-2-3-7-19(15)20/h1-16,29H,17-24H2,(H2,36,37,42);2-12,18H,13-14H2,1H3,(H2,24,25,27). The van der Waals surface area contributed by atoms with Gasteiger partial charge in [0.15, 0.2) is 0 Å². The third-order valence-corrected chi connectivity index (χ3v) is 13.8. The van der Waals surface area contributed by atoms with Crippen LogP contribution < -0.4 is 20.4 Å². The Morgan fingerprint density at radius 3 is 1.54 bits per heavy atom. The minimum atomic E-state index is -3.64. The molecule has 3 aliphatic rings. The Bertz CT molecular complexity index is 3470. The van der Waals surface area contributed by atoms with Gasteiger partial charge in [0, 0.05) is 66.4 Å². The number of carbonyl (C=O) groups is 5. The van der Waals surface area contributed by atoms with Crippen molar-refractivity contribution in [1.82, 2.24) is 20.4 Å². The molecule has 400 valence electrons. The Morgan fingerprint density at radius 1 is 0.577 bits per heavy atom. The van der Waals surface area contributed by atoms with E-state index in [1.54, 1.807) is 71.6 Å². The van der Waals surface area contributed by atoms with Crippen molar-refractivity contribution in [2.45, 2.75) is 18.8 Å². The second-order valence-corrected chi connectivity index (χ2v) is 20.4. The van der Waals surface area contributed by atoms with Gasteiger partial charge in [-0.1, -0.05) is 103 Å². The molecule has 4 N–H and O–H groups in total. The molecule has 19 nitrogen and oxygen atoms in total. The average Bonchev–Trinajstić information content (AvgIpc) is 4.08. The lowest BCUT2D eigenvalue weighted by molar-refractivity contribution is -0.146. The zero-order valence-electron chi connectivity index (χ0n) is 42.5. The van der Waals surface area contributed by atoms with E-state index in [0.717, 1.165) is 59.5 Å². The van der Waals surface area contributed by atoms with Gasteiger partial charge in [0.1, 0.15) is 37.1 Å². The summed E-state index contributed by atoms with van der Waals surface area (Å²) in [6, 6.07) is 49.1. The molecule has 0 spiro atoms. The van der Waals surface area contributed by atoms with Crippen LogP contribution in [-0.4, -0.2) is 137 Å². The van der Waals surface area contributed by atoms with Gasteiger partial charge in [-0.05, 0) is 87.8 Å². The first-order valence-electron chi connectivity index (χ1n) is 25.1. The minimum Gasteiger partial charge on any atom is -0.460 e. The first-order chi connectivity index (χ1) is 37.6. The number of nitrogens with zero attached hydrogens (tertiary/aromatic N) is 4. The molecular formula is C58H56N8O11S. The number of fused-ring (bicyclic) bond motifs is 2. The number of piperazine rings is 1.